The fourth-order valence-electron chi connectivity index (χ4n) is 3.24. The third-order valence-corrected chi connectivity index (χ3v) is 4.45. The predicted molar refractivity (Wildman–Crippen MR) is 97.3 cm³/mol. The van der Waals surface area contributed by atoms with E-state index in [2.05, 4.69) is 35.9 Å². The van der Waals surface area contributed by atoms with Crippen LogP contribution in [0.5, 0.6) is 0 Å². The van der Waals surface area contributed by atoms with E-state index in [1.54, 1.807) is 11.1 Å². The lowest BCUT2D eigenvalue weighted by Gasteiger charge is -2.17. The van der Waals surface area contributed by atoms with Gasteiger partial charge in [-0.3, -0.25) is 9.78 Å². The quantitative estimate of drug-likeness (QED) is 0.790. The topological polar surface area (TPSA) is 49.0 Å². The van der Waals surface area contributed by atoms with Gasteiger partial charge in [0.05, 0.1) is 0 Å². The number of fused-ring (bicyclic) bond motifs is 1. The van der Waals surface area contributed by atoms with Crippen LogP contribution < -0.4 is 0 Å². The summed E-state index contributed by atoms with van der Waals surface area (Å²) in [6, 6.07) is 8.23. The van der Waals surface area contributed by atoms with Crippen molar-refractivity contribution in [1.29, 1.82) is 0 Å². The molecule has 0 bridgehead atoms. The van der Waals surface area contributed by atoms with E-state index in [-0.39, 0.29) is 5.91 Å². The van der Waals surface area contributed by atoms with Gasteiger partial charge in [-0.1, -0.05) is 11.6 Å². The maximum atomic E-state index is 12.9. The number of pyridine rings is 1. The standard InChI is InChI=1S/C20H23N3O/c1-12-8-13(2)18-17(9-12)15(4)19(22-18)20(24)23(5)11-16-6-7-21-14(3)10-16/h6-10,22H,11H2,1-5H3. The van der Waals surface area contributed by atoms with Gasteiger partial charge >= 0.3 is 0 Å². The van der Waals surface area contributed by atoms with Gasteiger partial charge < -0.3 is 9.88 Å². The zero-order valence-electron chi connectivity index (χ0n) is 14.9. The van der Waals surface area contributed by atoms with E-state index in [0.717, 1.165) is 27.7 Å². The number of aryl methyl sites for hydroxylation is 4. The Balaban J connectivity index is 1.93. The number of benzene rings is 1. The Morgan fingerprint density at radius 3 is 2.62 bits per heavy atom. The number of nitrogens with zero attached hydrogens (tertiary/aromatic N) is 2. The summed E-state index contributed by atoms with van der Waals surface area (Å²) in [4.78, 5) is 22.2. The van der Waals surface area contributed by atoms with E-state index >= 15 is 0 Å². The Hall–Kier alpha value is -2.62. The summed E-state index contributed by atoms with van der Waals surface area (Å²) < 4.78 is 0. The number of aromatic nitrogens is 2. The number of rotatable bonds is 3. The first-order valence-electron chi connectivity index (χ1n) is 8.13. The van der Waals surface area contributed by atoms with Crippen molar-refractivity contribution in [2.75, 3.05) is 7.05 Å². The Kier molecular flexibility index (Phi) is 4.14. The van der Waals surface area contributed by atoms with Gasteiger partial charge in [0.15, 0.2) is 0 Å². The molecule has 1 N–H and O–H groups in total. The van der Waals surface area contributed by atoms with E-state index in [9.17, 15) is 4.79 Å². The van der Waals surface area contributed by atoms with E-state index in [0.29, 0.717) is 12.2 Å². The Labute approximate surface area is 142 Å². The minimum Gasteiger partial charge on any atom is -0.350 e. The zero-order valence-corrected chi connectivity index (χ0v) is 14.9. The molecule has 0 aliphatic carbocycles. The minimum absolute atomic E-state index is 0.00946. The summed E-state index contributed by atoms with van der Waals surface area (Å²) in [5, 5.41) is 1.13. The molecule has 3 aromatic rings. The average molecular weight is 321 g/mol. The number of hydrogen-bond acceptors (Lipinski definition) is 2. The summed E-state index contributed by atoms with van der Waals surface area (Å²) in [7, 11) is 1.83. The summed E-state index contributed by atoms with van der Waals surface area (Å²) in [5.41, 5.74) is 7.16. The molecule has 124 valence electrons. The normalized spacial score (nSPS) is 11.0. The maximum Gasteiger partial charge on any atom is 0.270 e. The first-order chi connectivity index (χ1) is 11.4. The van der Waals surface area contributed by atoms with E-state index in [1.165, 1.54) is 11.1 Å². The molecule has 24 heavy (non-hydrogen) atoms. The molecule has 1 aromatic carbocycles. The van der Waals surface area contributed by atoms with Crippen LogP contribution in [0, 0.1) is 27.7 Å². The van der Waals surface area contributed by atoms with Gasteiger partial charge in [0, 0.05) is 36.4 Å². The summed E-state index contributed by atoms with van der Waals surface area (Å²) in [6.45, 7) is 8.68. The SMILES string of the molecule is Cc1cc(C)c2[nH]c(C(=O)N(C)Cc3ccnc(C)c3)c(C)c2c1. The maximum absolute atomic E-state index is 12.9. The Bertz CT molecular complexity index is 924. The number of aromatic amines is 1. The lowest BCUT2D eigenvalue weighted by atomic mass is 10.1. The van der Waals surface area contributed by atoms with Crippen LogP contribution in [0.25, 0.3) is 10.9 Å². The van der Waals surface area contributed by atoms with Crippen LogP contribution in [-0.4, -0.2) is 27.8 Å². The number of nitrogens with one attached hydrogen (secondary N) is 1. The van der Waals surface area contributed by atoms with Gasteiger partial charge in [-0.2, -0.15) is 0 Å². The molecule has 1 amide bonds. The number of amides is 1. The van der Waals surface area contributed by atoms with Crippen molar-refractivity contribution in [3.05, 3.63) is 64.1 Å². The largest absolute Gasteiger partial charge is 0.350 e. The van der Waals surface area contributed by atoms with Crippen molar-refractivity contribution in [1.82, 2.24) is 14.9 Å². The van der Waals surface area contributed by atoms with Gasteiger partial charge in [0.1, 0.15) is 5.69 Å². The highest BCUT2D eigenvalue weighted by atomic mass is 16.2. The second kappa shape index (κ2) is 6.11. The van der Waals surface area contributed by atoms with Crippen molar-refractivity contribution < 1.29 is 4.79 Å². The molecule has 3 rings (SSSR count). The third kappa shape index (κ3) is 2.92. The molecule has 0 radical (unpaired) electrons. The fourth-order valence-corrected chi connectivity index (χ4v) is 3.24. The number of carbonyl (C=O) groups is 1. The molecule has 0 atom stereocenters. The molecular formula is C20H23N3O. The van der Waals surface area contributed by atoms with Crippen LogP contribution in [0.15, 0.2) is 30.5 Å². The number of hydrogen-bond donors (Lipinski definition) is 1. The molecule has 0 saturated heterocycles. The van der Waals surface area contributed by atoms with Crippen molar-refractivity contribution in [3.63, 3.8) is 0 Å². The first kappa shape index (κ1) is 16.2. The monoisotopic (exact) mass is 321 g/mol. The van der Waals surface area contributed by atoms with Gasteiger partial charge in [-0.25, -0.2) is 0 Å². The van der Waals surface area contributed by atoms with Gasteiger partial charge in [0.25, 0.3) is 5.91 Å². The molecule has 2 aromatic heterocycles. The lowest BCUT2D eigenvalue weighted by molar-refractivity contribution is 0.0779. The highest BCUT2D eigenvalue weighted by molar-refractivity contribution is 6.01. The Morgan fingerprint density at radius 2 is 1.92 bits per heavy atom. The van der Waals surface area contributed by atoms with Crippen molar-refractivity contribution in [3.8, 4) is 0 Å². The summed E-state index contributed by atoms with van der Waals surface area (Å²) in [5.74, 6) is 0.00946. The van der Waals surface area contributed by atoms with Crippen LogP contribution in [0.1, 0.15) is 38.4 Å². The van der Waals surface area contributed by atoms with E-state index in [4.69, 9.17) is 0 Å². The van der Waals surface area contributed by atoms with Gasteiger partial charge in [-0.05, 0) is 62.6 Å². The summed E-state index contributed by atoms with van der Waals surface area (Å²) >= 11 is 0. The number of carbonyl (C=O) groups excluding carboxylic acids is 1. The highest BCUT2D eigenvalue weighted by Gasteiger charge is 2.19. The molecule has 2 heterocycles. The van der Waals surface area contributed by atoms with Gasteiger partial charge in [-0.15, -0.1) is 0 Å². The van der Waals surface area contributed by atoms with Crippen LogP contribution in [-0.2, 0) is 6.54 Å². The smallest absolute Gasteiger partial charge is 0.270 e. The molecule has 0 aliphatic heterocycles. The van der Waals surface area contributed by atoms with Crippen molar-refractivity contribution in [2.24, 2.45) is 0 Å². The van der Waals surface area contributed by atoms with Crippen molar-refractivity contribution >= 4 is 16.8 Å². The minimum atomic E-state index is 0.00946. The lowest BCUT2D eigenvalue weighted by Crippen LogP contribution is -2.27. The van der Waals surface area contributed by atoms with E-state index in [1.807, 2.05) is 33.0 Å². The summed E-state index contributed by atoms with van der Waals surface area (Å²) in [6.07, 6.45) is 1.78. The molecule has 0 fully saturated rings. The second-order valence-corrected chi connectivity index (χ2v) is 6.60. The third-order valence-electron chi connectivity index (χ3n) is 4.45. The van der Waals surface area contributed by atoms with Crippen LogP contribution >= 0.6 is 0 Å². The molecule has 0 aliphatic rings. The van der Waals surface area contributed by atoms with Gasteiger partial charge in [0.2, 0.25) is 0 Å². The fraction of sp³-hybridized carbons (Fsp3) is 0.300. The Morgan fingerprint density at radius 1 is 1.17 bits per heavy atom. The first-order valence-corrected chi connectivity index (χ1v) is 8.13. The zero-order chi connectivity index (χ0) is 17.4. The molecule has 0 spiro atoms. The highest BCUT2D eigenvalue weighted by Crippen LogP contribution is 2.26. The molecule has 0 saturated carbocycles. The molecule has 4 heteroatoms. The van der Waals surface area contributed by atoms with Crippen LogP contribution in [0.3, 0.4) is 0 Å². The number of H-pyrrole nitrogens is 1. The van der Waals surface area contributed by atoms with E-state index < -0.39 is 0 Å². The van der Waals surface area contributed by atoms with Crippen LogP contribution in [0.4, 0.5) is 0 Å². The molecule has 0 unspecified atom stereocenters. The predicted octanol–water partition coefficient (Wildman–Crippen LogP) is 4.07. The average Bonchev–Trinajstić information content (AvgIpc) is 2.84. The second-order valence-electron chi connectivity index (χ2n) is 6.60. The molecule has 4 nitrogen and oxygen atoms in total. The molecular weight excluding hydrogens is 298 g/mol. The van der Waals surface area contributed by atoms with Crippen molar-refractivity contribution in [2.45, 2.75) is 34.2 Å². The van der Waals surface area contributed by atoms with Crippen LogP contribution in [0.2, 0.25) is 0 Å².